The van der Waals surface area contributed by atoms with Gasteiger partial charge in [0.2, 0.25) is 5.91 Å². The van der Waals surface area contributed by atoms with Crippen molar-refractivity contribution in [2.45, 2.75) is 58.3 Å². The molecule has 0 aliphatic heterocycles. The zero-order valence-corrected chi connectivity index (χ0v) is 16.3. The van der Waals surface area contributed by atoms with Gasteiger partial charge in [-0.2, -0.15) is 0 Å². The maximum atomic E-state index is 12.7. The first-order chi connectivity index (χ1) is 13.0. The average molecular weight is 370 g/mol. The Bertz CT molecular complexity index is 659. The number of carbonyl (C=O) groups excluding carboxylic acids is 2. The van der Waals surface area contributed by atoms with Crippen LogP contribution in [0.1, 0.15) is 56.1 Å². The molecule has 4 aliphatic carbocycles. The Hall–Kier alpha value is -1.84. The van der Waals surface area contributed by atoms with Crippen LogP contribution in [0.2, 0.25) is 0 Å². The topological polar surface area (TPSA) is 55.4 Å². The van der Waals surface area contributed by atoms with E-state index in [1.54, 1.807) is 0 Å². The number of benzene rings is 1. The molecular formula is C23H31NO3. The van der Waals surface area contributed by atoms with Crippen molar-refractivity contribution in [1.29, 1.82) is 0 Å². The molecule has 1 aromatic carbocycles. The molecule has 0 radical (unpaired) electrons. The molecule has 4 saturated carbocycles. The van der Waals surface area contributed by atoms with Crippen LogP contribution < -0.4 is 5.32 Å². The van der Waals surface area contributed by atoms with Gasteiger partial charge in [0.15, 0.2) is 0 Å². The number of rotatable bonds is 7. The van der Waals surface area contributed by atoms with Gasteiger partial charge in [0.05, 0.1) is 12.0 Å². The summed E-state index contributed by atoms with van der Waals surface area (Å²) in [5.41, 5.74) is 2.19. The van der Waals surface area contributed by atoms with Crippen molar-refractivity contribution in [2.75, 3.05) is 13.2 Å². The second kappa shape index (κ2) is 7.65. The zero-order chi connectivity index (χ0) is 18.9. The quantitative estimate of drug-likeness (QED) is 0.587. The largest absolute Gasteiger partial charge is 0.463 e. The van der Waals surface area contributed by atoms with Gasteiger partial charge in [-0.05, 0) is 75.2 Å². The number of amides is 1. The van der Waals surface area contributed by atoms with E-state index in [2.05, 4.69) is 36.5 Å². The molecule has 4 heteroatoms. The molecule has 146 valence electrons. The maximum Gasteiger partial charge on any atom is 0.312 e. The molecule has 4 aliphatic rings. The number of hydrogen-bond acceptors (Lipinski definition) is 3. The van der Waals surface area contributed by atoms with Gasteiger partial charge in [-0.15, -0.1) is 0 Å². The Kier molecular flexibility index (Phi) is 5.25. The molecule has 0 unspecified atom stereocenters. The standard InChI is InChI=1S/C23H31NO3/c1-16-2-4-17(5-3-16)6-7-21(25)24-8-9-27-22(26)23-13-18-10-19(14-23)12-20(11-18)15-23/h2-5,18-20H,6-15H2,1H3,(H,24,25). The molecule has 4 fully saturated rings. The smallest absolute Gasteiger partial charge is 0.312 e. The summed E-state index contributed by atoms with van der Waals surface area (Å²) < 4.78 is 5.60. The van der Waals surface area contributed by atoms with E-state index in [-0.39, 0.29) is 23.9 Å². The Morgan fingerprint density at radius 1 is 1.04 bits per heavy atom. The lowest BCUT2D eigenvalue weighted by Gasteiger charge is -2.55. The highest BCUT2D eigenvalue weighted by Gasteiger charge is 2.55. The molecule has 0 saturated heterocycles. The maximum absolute atomic E-state index is 12.7. The van der Waals surface area contributed by atoms with Crippen molar-refractivity contribution < 1.29 is 14.3 Å². The van der Waals surface area contributed by atoms with Crippen LogP contribution in [0.5, 0.6) is 0 Å². The van der Waals surface area contributed by atoms with Crippen LogP contribution in [0.4, 0.5) is 0 Å². The average Bonchev–Trinajstić information content (AvgIpc) is 2.63. The number of aryl methyl sites for hydroxylation is 2. The minimum absolute atomic E-state index is 0.00416. The number of nitrogens with one attached hydrogen (secondary N) is 1. The predicted molar refractivity (Wildman–Crippen MR) is 104 cm³/mol. The van der Waals surface area contributed by atoms with Crippen LogP contribution in [0.15, 0.2) is 24.3 Å². The first kappa shape index (κ1) is 18.5. The number of ether oxygens (including phenoxy) is 1. The van der Waals surface area contributed by atoms with Gasteiger partial charge in [-0.25, -0.2) is 0 Å². The van der Waals surface area contributed by atoms with Gasteiger partial charge in [0.1, 0.15) is 6.61 Å². The molecule has 0 aromatic heterocycles. The van der Waals surface area contributed by atoms with Gasteiger partial charge in [0, 0.05) is 6.42 Å². The fourth-order valence-corrected chi connectivity index (χ4v) is 5.95. The van der Waals surface area contributed by atoms with E-state index in [1.165, 1.54) is 30.4 Å². The van der Waals surface area contributed by atoms with Gasteiger partial charge in [0.25, 0.3) is 0 Å². The molecule has 1 N–H and O–H groups in total. The zero-order valence-electron chi connectivity index (χ0n) is 16.3. The highest BCUT2D eigenvalue weighted by molar-refractivity contribution is 5.78. The summed E-state index contributed by atoms with van der Waals surface area (Å²) >= 11 is 0. The van der Waals surface area contributed by atoms with Gasteiger partial charge in [-0.3, -0.25) is 9.59 Å². The van der Waals surface area contributed by atoms with Crippen LogP contribution in [0, 0.1) is 30.1 Å². The predicted octanol–water partition coefficient (Wildman–Crippen LogP) is 3.80. The number of carbonyl (C=O) groups is 2. The van der Waals surface area contributed by atoms with Gasteiger partial charge >= 0.3 is 5.97 Å². The third-order valence-electron chi connectivity index (χ3n) is 6.89. The van der Waals surface area contributed by atoms with E-state index in [0.717, 1.165) is 43.4 Å². The fourth-order valence-electron chi connectivity index (χ4n) is 5.95. The third-order valence-corrected chi connectivity index (χ3v) is 6.89. The molecule has 0 spiro atoms. The lowest BCUT2D eigenvalue weighted by atomic mass is 9.49. The molecule has 27 heavy (non-hydrogen) atoms. The minimum atomic E-state index is -0.204. The molecule has 4 bridgehead atoms. The van der Waals surface area contributed by atoms with Crippen molar-refractivity contribution in [3.05, 3.63) is 35.4 Å². The van der Waals surface area contributed by atoms with Crippen molar-refractivity contribution in [2.24, 2.45) is 23.2 Å². The van der Waals surface area contributed by atoms with E-state index in [9.17, 15) is 9.59 Å². The summed E-state index contributed by atoms with van der Waals surface area (Å²) in [4.78, 5) is 24.7. The van der Waals surface area contributed by atoms with Crippen molar-refractivity contribution in [3.8, 4) is 0 Å². The van der Waals surface area contributed by atoms with Crippen molar-refractivity contribution >= 4 is 11.9 Å². The van der Waals surface area contributed by atoms with E-state index >= 15 is 0 Å². The normalized spacial score (nSPS) is 30.9. The van der Waals surface area contributed by atoms with Crippen LogP contribution in [-0.4, -0.2) is 25.0 Å². The summed E-state index contributed by atoms with van der Waals surface area (Å²) in [6.45, 7) is 2.75. The molecule has 1 amide bonds. The first-order valence-electron chi connectivity index (χ1n) is 10.5. The second-order valence-corrected chi connectivity index (χ2v) is 9.17. The highest BCUT2D eigenvalue weighted by Crippen LogP contribution is 2.60. The monoisotopic (exact) mass is 369 g/mol. The molecule has 0 heterocycles. The molecule has 1 aromatic rings. The van der Waals surface area contributed by atoms with E-state index in [4.69, 9.17) is 4.74 Å². The molecule has 4 nitrogen and oxygen atoms in total. The summed E-state index contributed by atoms with van der Waals surface area (Å²) in [5, 5.41) is 2.88. The minimum Gasteiger partial charge on any atom is -0.463 e. The molecular weight excluding hydrogens is 338 g/mol. The van der Waals surface area contributed by atoms with Crippen LogP contribution >= 0.6 is 0 Å². The van der Waals surface area contributed by atoms with E-state index in [0.29, 0.717) is 13.0 Å². The number of esters is 1. The highest BCUT2D eigenvalue weighted by atomic mass is 16.5. The van der Waals surface area contributed by atoms with E-state index < -0.39 is 0 Å². The van der Waals surface area contributed by atoms with Crippen LogP contribution in [-0.2, 0) is 20.7 Å². The summed E-state index contributed by atoms with van der Waals surface area (Å²) in [6.07, 6.45) is 8.25. The lowest BCUT2D eigenvalue weighted by molar-refractivity contribution is -0.171. The van der Waals surface area contributed by atoms with Crippen LogP contribution in [0.25, 0.3) is 0 Å². The van der Waals surface area contributed by atoms with Crippen LogP contribution in [0.3, 0.4) is 0 Å². The van der Waals surface area contributed by atoms with E-state index in [1.807, 2.05) is 0 Å². The van der Waals surface area contributed by atoms with Gasteiger partial charge in [-0.1, -0.05) is 29.8 Å². The fraction of sp³-hybridized carbons (Fsp3) is 0.652. The lowest BCUT2D eigenvalue weighted by Crippen LogP contribution is -2.50. The Balaban J connectivity index is 1.16. The SMILES string of the molecule is Cc1ccc(CCC(=O)NCCOC(=O)C23CC4CC(CC(C4)C2)C3)cc1. The Morgan fingerprint density at radius 3 is 2.22 bits per heavy atom. The van der Waals surface area contributed by atoms with Crippen molar-refractivity contribution in [1.82, 2.24) is 5.32 Å². The Labute approximate surface area is 162 Å². The summed E-state index contributed by atoms with van der Waals surface area (Å²) in [6, 6.07) is 8.26. The second-order valence-electron chi connectivity index (χ2n) is 9.17. The van der Waals surface area contributed by atoms with Gasteiger partial charge < -0.3 is 10.1 Å². The first-order valence-corrected chi connectivity index (χ1v) is 10.5. The Morgan fingerprint density at radius 2 is 1.63 bits per heavy atom. The number of hydrogen-bond donors (Lipinski definition) is 1. The molecule has 5 rings (SSSR count). The molecule has 0 atom stereocenters. The third kappa shape index (κ3) is 4.20. The summed E-state index contributed by atoms with van der Waals surface area (Å²) in [7, 11) is 0. The van der Waals surface area contributed by atoms with Crippen molar-refractivity contribution in [3.63, 3.8) is 0 Å². The summed E-state index contributed by atoms with van der Waals surface area (Å²) in [5.74, 6) is 2.23.